The highest BCUT2D eigenvalue weighted by Crippen LogP contribution is 2.14. The van der Waals surface area contributed by atoms with Gasteiger partial charge in [0.2, 0.25) is 0 Å². The Hall–Kier alpha value is -0.170. The van der Waals surface area contributed by atoms with Gasteiger partial charge in [0.15, 0.2) is 0 Å². The van der Waals surface area contributed by atoms with E-state index in [1.54, 1.807) is 0 Å². The molecule has 0 radical (unpaired) electrons. The van der Waals surface area contributed by atoms with Crippen LogP contribution in [0.2, 0.25) is 0 Å². The van der Waals surface area contributed by atoms with Crippen LogP contribution in [0.5, 0.6) is 0 Å². The van der Waals surface area contributed by atoms with E-state index in [9.17, 15) is 8.42 Å². The van der Waals surface area contributed by atoms with Gasteiger partial charge in [-0.1, -0.05) is 0 Å². The summed E-state index contributed by atoms with van der Waals surface area (Å²) in [4.78, 5) is 0. The number of hydrogen-bond acceptors (Lipinski definition) is 5. The molecule has 11 heavy (non-hydrogen) atoms. The molecule has 0 aliphatic carbocycles. The van der Waals surface area contributed by atoms with Gasteiger partial charge in [-0.3, -0.25) is 4.18 Å². The fourth-order valence-electron chi connectivity index (χ4n) is 0.578. The second-order valence-electron chi connectivity index (χ2n) is 2.43. The minimum atomic E-state index is -3.44. The first-order valence-electron chi connectivity index (χ1n) is 3.13. The zero-order valence-electron chi connectivity index (χ0n) is 6.06. The third-order valence-electron chi connectivity index (χ3n) is 1.24. The smallest absolute Gasteiger partial charge is 0.264 e. The van der Waals surface area contributed by atoms with Gasteiger partial charge < -0.3 is 9.84 Å². The zero-order chi connectivity index (χ0) is 8.48. The monoisotopic (exact) mass is 182 g/mol. The molecule has 0 aromatic heterocycles. The van der Waals surface area contributed by atoms with Crippen LogP contribution in [0, 0.1) is 0 Å². The highest BCUT2D eigenvalue weighted by atomic mass is 32.2. The standard InChI is InChI=1S/C5H10O5S/c1-11(7,8)10-2-4(6)5-3-9-5/h4-6H,2-3H2,1H3/t4-,5+/m0/s1. The van der Waals surface area contributed by atoms with Crippen LogP contribution in [0.3, 0.4) is 0 Å². The van der Waals surface area contributed by atoms with Crippen molar-refractivity contribution >= 4 is 10.1 Å². The van der Waals surface area contributed by atoms with Crippen molar-refractivity contribution in [2.24, 2.45) is 0 Å². The third kappa shape index (κ3) is 3.66. The molecule has 6 heteroatoms. The Kier molecular flexibility index (Phi) is 2.48. The topological polar surface area (TPSA) is 76.1 Å². The van der Waals surface area contributed by atoms with Crippen molar-refractivity contribution in [3.05, 3.63) is 0 Å². The summed E-state index contributed by atoms with van der Waals surface area (Å²) >= 11 is 0. The molecule has 0 amide bonds. The lowest BCUT2D eigenvalue weighted by Crippen LogP contribution is -2.23. The average Bonchev–Trinajstić information content (AvgIpc) is 2.61. The van der Waals surface area contributed by atoms with Crippen LogP contribution in [0.1, 0.15) is 0 Å². The van der Waals surface area contributed by atoms with E-state index in [0.717, 1.165) is 6.26 Å². The van der Waals surface area contributed by atoms with Gasteiger partial charge in [-0.2, -0.15) is 8.42 Å². The van der Waals surface area contributed by atoms with E-state index in [-0.39, 0.29) is 12.7 Å². The van der Waals surface area contributed by atoms with Crippen molar-refractivity contribution in [1.29, 1.82) is 0 Å². The average molecular weight is 182 g/mol. The Morgan fingerprint density at radius 3 is 2.73 bits per heavy atom. The first-order valence-corrected chi connectivity index (χ1v) is 4.95. The van der Waals surface area contributed by atoms with Crippen molar-refractivity contribution in [1.82, 2.24) is 0 Å². The number of rotatable bonds is 4. The second kappa shape index (κ2) is 3.06. The lowest BCUT2D eigenvalue weighted by Gasteiger charge is -2.05. The van der Waals surface area contributed by atoms with E-state index in [1.807, 2.05) is 0 Å². The van der Waals surface area contributed by atoms with Gasteiger partial charge in [-0.15, -0.1) is 0 Å². The van der Waals surface area contributed by atoms with E-state index in [1.165, 1.54) is 0 Å². The molecule has 0 unspecified atom stereocenters. The Morgan fingerprint density at radius 1 is 1.82 bits per heavy atom. The maximum absolute atomic E-state index is 10.4. The molecule has 0 aromatic rings. The quantitative estimate of drug-likeness (QED) is 0.433. The summed E-state index contributed by atoms with van der Waals surface area (Å²) in [5.41, 5.74) is 0. The maximum atomic E-state index is 10.4. The fourth-order valence-corrected chi connectivity index (χ4v) is 0.965. The fraction of sp³-hybridized carbons (Fsp3) is 1.00. The summed E-state index contributed by atoms with van der Waals surface area (Å²) < 4.78 is 29.9. The normalized spacial score (nSPS) is 26.5. The predicted octanol–water partition coefficient (Wildman–Crippen LogP) is -1.28. The van der Waals surface area contributed by atoms with Crippen molar-refractivity contribution in [2.45, 2.75) is 12.2 Å². The molecule has 0 bridgehead atoms. The molecule has 1 rings (SSSR count). The van der Waals surface area contributed by atoms with Gasteiger partial charge in [0.1, 0.15) is 12.2 Å². The van der Waals surface area contributed by atoms with Gasteiger partial charge in [-0.05, 0) is 0 Å². The van der Waals surface area contributed by atoms with Gasteiger partial charge in [0, 0.05) is 0 Å². The molecule has 1 N–H and O–H groups in total. The van der Waals surface area contributed by atoms with E-state index >= 15 is 0 Å². The third-order valence-corrected chi connectivity index (χ3v) is 1.81. The highest BCUT2D eigenvalue weighted by Gasteiger charge is 2.31. The minimum Gasteiger partial charge on any atom is -0.388 e. The molecule has 5 nitrogen and oxygen atoms in total. The number of epoxide rings is 1. The Balaban J connectivity index is 2.21. The van der Waals surface area contributed by atoms with Crippen LogP contribution >= 0.6 is 0 Å². The maximum Gasteiger partial charge on any atom is 0.264 e. The summed E-state index contributed by atoms with van der Waals surface area (Å²) in [6, 6.07) is 0. The summed E-state index contributed by atoms with van der Waals surface area (Å²) in [5, 5.41) is 9.04. The molecular formula is C5H10O5S. The number of aliphatic hydroxyl groups is 1. The van der Waals surface area contributed by atoms with Crippen LogP contribution in [-0.2, 0) is 19.0 Å². The van der Waals surface area contributed by atoms with E-state index in [0.29, 0.717) is 6.61 Å². The number of hydrogen-bond donors (Lipinski definition) is 1. The highest BCUT2D eigenvalue weighted by molar-refractivity contribution is 7.85. The largest absolute Gasteiger partial charge is 0.388 e. The Labute approximate surface area is 65.0 Å². The molecule has 0 aromatic carbocycles. The van der Waals surface area contributed by atoms with Gasteiger partial charge in [-0.25, -0.2) is 0 Å². The first-order chi connectivity index (χ1) is 4.99. The predicted molar refractivity (Wildman–Crippen MR) is 36.5 cm³/mol. The second-order valence-corrected chi connectivity index (χ2v) is 4.07. The number of aliphatic hydroxyl groups excluding tert-OH is 1. The molecule has 0 saturated carbocycles. The van der Waals surface area contributed by atoms with Crippen molar-refractivity contribution in [2.75, 3.05) is 19.5 Å². The summed E-state index contributed by atoms with van der Waals surface area (Å²) in [6.07, 6.45) is -0.130. The number of ether oxygens (including phenoxy) is 1. The van der Waals surface area contributed by atoms with Crippen LogP contribution in [-0.4, -0.2) is 45.2 Å². The van der Waals surface area contributed by atoms with Gasteiger partial charge >= 0.3 is 0 Å². The lowest BCUT2D eigenvalue weighted by atomic mass is 10.3. The van der Waals surface area contributed by atoms with Gasteiger partial charge in [0.05, 0.1) is 19.5 Å². The van der Waals surface area contributed by atoms with Crippen LogP contribution in [0.15, 0.2) is 0 Å². The SMILES string of the molecule is CS(=O)(=O)OC[C@H](O)[C@H]1CO1. The summed E-state index contributed by atoms with van der Waals surface area (Å²) in [5.74, 6) is 0. The van der Waals surface area contributed by atoms with Gasteiger partial charge in [0.25, 0.3) is 10.1 Å². The molecule has 2 atom stereocenters. The molecule has 1 fully saturated rings. The van der Waals surface area contributed by atoms with Crippen LogP contribution in [0.4, 0.5) is 0 Å². The van der Waals surface area contributed by atoms with Crippen molar-refractivity contribution < 1.29 is 22.4 Å². The lowest BCUT2D eigenvalue weighted by molar-refractivity contribution is 0.0840. The Morgan fingerprint density at radius 2 is 2.36 bits per heavy atom. The summed E-state index contributed by atoms with van der Waals surface area (Å²) in [7, 11) is -3.44. The molecule has 1 aliphatic rings. The van der Waals surface area contributed by atoms with Crippen LogP contribution in [0.25, 0.3) is 0 Å². The first kappa shape index (κ1) is 8.92. The van der Waals surface area contributed by atoms with Crippen molar-refractivity contribution in [3.63, 3.8) is 0 Å². The summed E-state index contributed by atoms with van der Waals surface area (Å²) in [6.45, 7) is 0.262. The zero-order valence-corrected chi connectivity index (χ0v) is 6.87. The molecule has 1 aliphatic heterocycles. The van der Waals surface area contributed by atoms with E-state index in [2.05, 4.69) is 4.18 Å². The molecule has 0 spiro atoms. The van der Waals surface area contributed by atoms with Crippen molar-refractivity contribution in [3.8, 4) is 0 Å². The molecule has 1 heterocycles. The molecular weight excluding hydrogens is 172 g/mol. The van der Waals surface area contributed by atoms with E-state index in [4.69, 9.17) is 9.84 Å². The minimum absolute atomic E-state index is 0.219. The molecule has 66 valence electrons. The van der Waals surface area contributed by atoms with Crippen LogP contribution < -0.4 is 0 Å². The van der Waals surface area contributed by atoms with E-state index < -0.39 is 16.2 Å². The Bertz CT molecular complexity index is 217. The molecule has 1 saturated heterocycles.